The maximum atomic E-state index is 13.5. The number of amides is 1. The second-order valence-electron chi connectivity index (χ2n) is 9.76. The van der Waals surface area contributed by atoms with Gasteiger partial charge in [0, 0.05) is 18.0 Å². The number of benzene rings is 2. The molecule has 3 rings (SSSR count). The molecule has 0 bridgehead atoms. The van der Waals surface area contributed by atoms with E-state index >= 15 is 0 Å². The summed E-state index contributed by atoms with van der Waals surface area (Å²) in [4.78, 5) is 16.3. The van der Waals surface area contributed by atoms with Gasteiger partial charge in [-0.15, -0.1) is 17.9 Å². The van der Waals surface area contributed by atoms with E-state index in [0.29, 0.717) is 6.54 Å². The summed E-state index contributed by atoms with van der Waals surface area (Å²) < 4.78 is 41.5. The molecule has 36 heavy (non-hydrogen) atoms. The molecule has 0 saturated heterocycles. The molecule has 8 heteroatoms. The molecule has 1 heterocycles. The molecule has 0 N–H and O–H groups in total. The lowest BCUT2D eigenvalue weighted by molar-refractivity contribution is -0.132. The minimum atomic E-state index is -3.94. The van der Waals surface area contributed by atoms with Crippen LogP contribution in [0.15, 0.2) is 77.5 Å². The van der Waals surface area contributed by atoms with E-state index in [-0.39, 0.29) is 41.7 Å². The lowest BCUT2D eigenvalue weighted by Gasteiger charge is -2.27. The van der Waals surface area contributed by atoms with Gasteiger partial charge in [0.05, 0.1) is 18.0 Å². The summed E-state index contributed by atoms with van der Waals surface area (Å²) in [5.41, 5.74) is 2.73. The predicted octanol–water partition coefficient (Wildman–Crippen LogP) is 5.90. The summed E-state index contributed by atoms with van der Waals surface area (Å²) in [6.07, 6.45) is 1.47. The quantitative estimate of drug-likeness (QED) is 0.308. The number of carbonyl (C=O) groups excluding carboxylic acids is 1. The van der Waals surface area contributed by atoms with E-state index in [1.165, 1.54) is 18.2 Å². The summed E-state index contributed by atoms with van der Waals surface area (Å²) >= 11 is 1.54. The average molecular weight is 529 g/mol. The number of sulfonamides is 1. The van der Waals surface area contributed by atoms with Crippen LogP contribution in [0.3, 0.4) is 0 Å². The van der Waals surface area contributed by atoms with E-state index in [0.717, 1.165) is 25.9 Å². The zero-order valence-electron chi connectivity index (χ0n) is 21.2. The maximum Gasteiger partial charge on any atom is 0.243 e. The minimum Gasteiger partial charge on any atom is -0.332 e. The van der Waals surface area contributed by atoms with Crippen LogP contribution in [0.5, 0.6) is 0 Å². The Labute approximate surface area is 217 Å². The van der Waals surface area contributed by atoms with E-state index in [9.17, 15) is 17.6 Å². The summed E-state index contributed by atoms with van der Waals surface area (Å²) in [5.74, 6) is -0.699. The SMILES string of the molecule is C=CCN(CC(=O)N(Cc1ccc(F)cc1)Cc1sccc1C)S(=O)(=O)c1ccc(C(C)(C)C)cc1. The van der Waals surface area contributed by atoms with Crippen molar-refractivity contribution in [3.05, 3.63) is 100 Å². The van der Waals surface area contributed by atoms with Gasteiger partial charge in [-0.3, -0.25) is 4.79 Å². The van der Waals surface area contributed by atoms with Crippen molar-refractivity contribution in [3.8, 4) is 0 Å². The highest BCUT2D eigenvalue weighted by Gasteiger charge is 2.28. The van der Waals surface area contributed by atoms with Crippen LogP contribution in [0.4, 0.5) is 4.39 Å². The first kappa shape index (κ1) is 27.8. The van der Waals surface area contributed by atoms with Gasteiger partial charge in [0.1, 0.15) is 5.82 Å². The van der Waals surface area contributed by atoms with Crippen LogP contribution < -0.4 is 0 Å². The third-order valence-corrected chi connectivity index (χ3v) is 8.78. The maximum absolute atomic E-state index is 13.5. The van der Waals surface area contributed by atoms with Crippen LogP contribution in [0, 0.1) is 12.7 Å². The van der Waals surface area contributed by atoms with E-state index in [4.69, 9.17) is 0 Å². The van der Waals surface area contributed by atoms with Gasteiger partial charge in [-0.1, -0.05) is 51.1 Å². The number of aryl methyl sites for hydroxylation is 1. The Morgan fingerprint density at radius 1 is 1.03 bits per heavy atom. The van der Waals surface area contributed by atoms with Crippen LogP contribution in [-0.4, -0.2) is 36.6 Å². The molecule has 0 saturated carbocycles. The second kappa shape index (κ2) is 11.5. The van der Waals surface area contributed by atoms with Crippen LogP contribution >= 0.6 is 11.3 Å². The molecule has 0 aliphatic heterocycles. The first-order chi connectivity index (χ1) is 16.9. The lowest BCUT2D eigenvalue weighted by atomic mass is 9.87. The molecule has 1 aromatic heterocycles. The Hall–Kier alpha value is -2.81. The van der Waals surface area contributed by atoms with Crippen molar-refractivity contribution >= 4 is 27.3 Å². The van der Waals surface area contributed by atoms with Crippen LogP contribution in [0.2, 0.25) is 0 Å². The molecule has 3 aromatic rings. The topological polar surface area (TPSA) is 57.7 Å². The summed E-state index contributed by atoms with van der Waals surface area (Å²) in [6, 6.07) is 14.7. The van der Waals surface area contributed by atoms with Crippen molar-refractivity contribution in [1.82, 2.24) is 9.21 Å². The largest absolute Gasteiger partial charge is 0.332 e. The number of rotatable bonds is 10. The number of hydrogen-bond donors (Lipinski definition) is 0. The zero-order valence-corrected chi connectivity index (χ0v) is 22.8. The van der Waals surface area contributed by atoms with Crippen molar-refractivity contribution in [2.24, 2.45) is 0 Å². The number of halogens is 1. The molecule has 0 aliphatic rings. The molecule has 192 valence electrons. The van der Waals surface area contributed by atoms with E-state index in [1.807, 2.05) is 18.4 Å². The van der Waals surface area contributed by atoms with Gasteiger partial charge >= 0.3 is 0 Å². The minimum absolute atomic E-state index is 0.00247. The first-order valence-corrected chi connectivity index (χ1v) is 14.0. The highest BCUT2D eigenvalue weighted by molar-refractivity contribution is 7.89. The Morgan fingerprint density at radius 2 is 1.67 bits per heavy atom. The highest BCUT2D eigenvalue weighted by Crippen LogP contribution is 2.25. The van der Waals surface area contributed by atoms with Crippen LogP contribution in [-0.2, 0) is 33.3 Å². The molecule has 1 amide bonds. The van der Waals surface area contributed by atoms with Crippen molar-refractivity contribution in [2.45, 2.75) is 51.1 Å². The monoisotopic (exact) mass is 528 g/mol. The lowest BCUT2D eigenvalue weighted by Crippen LogP contribution is -2.42. The molecule has 0 aliphatic carbocycles. The first-order valence-electron chi connectivity index (χ1n) is 11.7. The van der Waals surface area contributed by atoms with Gasteiger partial charge in [0.25, 0.3) is 0 Å². The summed E-state index contributed by atoms with van der Waals surface area (Å²) in [7, 11) is -3.94. The fraction of sp³-hybridized carbons (Fsp3) is 0.321. The Morgan fingerprint density at radius 3 is 2.19 bits per heavy atom. The number of thiophene rings is 1. The number of carbonyl (C=O) groups is 1. The normalized spacial score (nSPS) is 12.1. The molecule has 2 aromatic carbocycles. The summed E-state index contributed by atoms with van der Waals surface area (Å²) in [5, 5.41) is 1.96. The Kier molecular flexibility index (Phi) is 8.87. The molecule has 0 fully saturated rings. The Bertz CT molecular complexity index is 1290. The van der Waals surface area contributed by atoms with E-state index in [1.54, 1.807) is 52.6 Å². The standard InChI is InChI=1S/C28H33FN2O3S2/c1-6-16-31(36(33,34)25-13-9-23(10-14-25)28(3,4)5)20-27(32)30(19-26-21(2)15-17-35-26)18-22-7-11-24(29)12-8-22/h6-15,17H,1,16,18-20H2,2-5H3. The number of nitrogens with zero attached hydrogens (tertiary/aromatic N) is 2. The average Bonchev–Trinajstić information content (AvgIpc) is 3.23. The van der Waals surface area contributed by atoms with Crippen molar-refractivity contribution in [3.63, 3.8) is 0 Å². The van der Waals surface area contributed by atoms with E-state index < -0.39 is 10.0 Å². The Balaban J connectivity index is 1.87. The molecule has 5 nitrogen and oxygen atoms in total. The van der Waals surface area contributed by atoms with Crippen molar-refractivity contribution in [2.75, 3.05) is 13.1 Å². The van der Waals surface area contributed by atoms with Gasteiger partial charge in [-0.05, 0) is 64.7 Å². The van der Waals surface area contributed by atoms with E-state index in [2.05, 4.69) is 27.4 Å². The van der Waals surface area contributed by atoms with Crippen LogP contribution in [0.1, 0.15) is 42.3 Å². The molecule has 0 atom stereocenters. The predicted molar refractivity (Wildman–Crippen MR) is 144 cm³/mol. The molecular weight excluding hydrogens is 495 g/mol. The van der Waals surface area contributed by atoms with Gasteiger partial charge in [-0.2, -0.15) is 4.31 Å². The van der Waals surface area contributed by atoms with Crippen LogP contribution in [0.25, 0.3) is 0 Å². The fourth-order valence-corrected chi connectivity index (χ4v) is 5.98. The van der Waals surface area contributed by atoms with Crippen molar-refractivity contribution < 1.29 is 17.6 Å². The molecule has 0 spiro atoms. The molecular formula is C28H33FN2O3S2. The highest BCUT2D eigenvalue weighted by atomic mass is 32.2. The third kappa shape index (κ3) is 6.90. The van der Waals surface area contributed by atoms with Crippen molar-refractivity contribution in [1.29, 1.82) is 0 Å². The smallest absolute Gasteiger partial charge is 0.243 e. The van der Waals surface area contributed by atoms with Gasteiger partial charge < -0.3 is 4.90 Å². The fourth-order valence-electron chi connectivity index (χ4n) is 3.70. The number of hydrogen-bond acceptors (Lipinski definition) is 4. The molecule has 0 radical (unpaired) electrons. The third-order valence-electron chi connectivity index (χ3n) is 5.94. The molecule has 0 unspecified atom stereocenters. The second-order valence-corrected chi connectivity index (χ2v) is 12.7. The summed E-state index contributed by atoms with van der Waals surface area (Å²) in [6.45, 7) is 12.1. The zero-order chi connectivity index (χ0) is 26.5. The van der Waals surface area contributed by atoms with Gasteiger partial charge in [0.15, 0.2) is 0 Å². The van der Waals surface area contributed by atoms with Gasteiger partial charge in [-0.25, -0.2) is 12.8 Å². The van der Waals surface area contributed by atoms with Gasteiger partial charge in [0.2, 0.25) is 15.9 Å².